The van der Waals surface area contributed by atoms with Gasteiger partial charge in [0.25, 0.3) is 0 Å². The quantitative estimate of drug-likeness (QED) is 0.682. The zero-order valence-electron chi connectivity index (χ0n) is 15.8. The number of benzene rings is 2. The molecule has 1 aliphatic heterocycles. The van der Waals surface area contributed by atoms with Crippen LogP contribution in [0.4, 0.5) is 5.69 Å². The fourth-order valence-corrected chi connectivity index (χ4v) is 3.51. The first-order valence-corrected chi connectivity index (χ1v) is 9.40. The molecule has 3 aromatic rings. The Morgan fingerprint density at radius 1 is 1.18 bits per heavy atom. The standard InChI is InChI=1S/C22H23N3O3/c1-15(26)23-20-7-6-16(13-22(20)27)21-12-17(14-25-8-10-28-11-9-25)18-4-2-3-5-19(18)24-21/h2-7,12-13,27H,8-11,14H2,1H3,(H,23,26). The third-order valence-electron chi connectivity index (χ3n) is 4.90. The smallest absolute Gasteiger partial charge is 0.221 e. The number of phenols is 1. The van der Waals surface area contributed by atoms with Gasteiger partial charge in [-0.25, -0.2) is 4.98 Å². The summed E-state index contributed by atoms with van der Waals surface area (Å²) in [6.45, 7) is 5.59. The van der Waals surface area contributed by atoms with Crippen LogP contribution < -0.4 is 5.32 Å². The number of ether oxygens (including phenoxy) is 1. The molecule has 0 spiro atoms. The summed E-state index contributed by atoms with van der Waals surface area (Å²) in [7, 11) is 0. The molecule has 0 bridgehead atoms. The predicted octanol–water partition coefficient (Wildman–Crippen LogP) is 3.40. The third kappa shape index (κ3) is 3.98. The van der Waals surface area contributed by atoms with Crippen molar-refractivity contribution in [2.24, 2.45) is 0 Å². The molecule has 1 saturated heterocycles. The van der Waals surface area contributed by atoms with Crippen LogP contribution >= 0.6 is 0 Å². The highest BCUT2D eigenvalue weighted by molar-refractivity contribution is 5.91. The number of pyridine rings is 1. The number of amides is 1. The summed E-state index contributed by atoms with van der Waals surface area (Å²) in [6.07, 6.45) is 0. The van der Waals surface area contributed by atoms with E-state index in [2.05, 4.69) is 22.3 Å². The van der Waals surface area contributed by atoms with E-state index in [0.29, 0.717) is 5.69 Å². The van der Waals surface area contributed by atoms with E-state index in [-0.39, 0.29) is 11.7 Å². The Hall–Kier alpha value is -2.96. The number of morpholine rings is 1. The van der Waals surface area contributed by atoms with Crippen LogP contribution in [-0.4, -0.2) is 47.2 Å². The van der Waals surface area contributed by atoms with Gasteiger partial charge in [0.15, 0.2) is 0 Å². The average Bonchev–Trinajstić information content (AvgIpc) is 2.70. The van der Waals surface area contributed by atoms with Crippen LogP contribution in [-0.2, 0) is 16.1 Å². The van der Waals surface area contributed by atoms with Crippen molar-refractivity contribution in [3.8, 4) is 17.0 Å². The number of hydrogen-bond donors (Lipinski definition) is 2. The molecule has 0 unspecified atom stereocenters. The maximum absolute atomic E-state index is 11.3. The molecule has 6 nitrogen and oxygen atoms in total. The van der Waals surface area contributed by atoms with Gasteiger partial charge < -0.3 is 15.2 Å². The fraction of sp³-hybridized carbons (Fsp3) is 0.273. The molecule has 4 rings (SSSR count). The first-order chi connectivity index (χ1) is 13.6. The molecule has 1 amide bonds. The number of anilines is 1. The van der Waals surface area contributed by atoms with Gasteiger partial charge in [0.05, 0.1) is 30.1 Å². The van der Waals surface area contributed by atoms with E-state index in [0.717, 1.165) is 55.0 Å². The van der Waals surface area contributed by atoms with Crippen LogP contribution in [0.2, 0.25) is 0 Å². The van der Waals surface area contributed by atoms with E-state index in [1.54, 1.807) is 12.1 Å². The lowest BCUT2D eigenvalue weighted by atomic mass is 10.0. The van der Waals surface area contributed by atoms with E-state index in [4.69, 9.17) is 9.72 Å². The van der Waals surface area contributed by atoms with Crippen LogP contribution in [0.15, 0.2) is 48.5 Å². The molecule has 0 saturated carbocycles. The van der Waals surface area contributed by atoms with Gasteiger partial charge in [0, 0.05) is 37.5 Å². The summed E-state index contributed by atoms with van der Waals surface area (Å²) >= 11 is 0. The van der Waals surface area contributed by atoms with Crippen molar-refractivity contribution in [3.63, 3.8) is 0 Å². The molecular formula is C22H23N3O3. The first kappa shape index (κ1) is 18.4. The first-order valence-electron chi connectivity index (χ1n) is 9.40. The molecule has 144 valence electrons. The lowest BCUT2D eigenvalue weighted by Crippen LogP contribution is -2.35. The van der Waals surface area contributed by atoms with Gasteiger partial charge >= 0.3 is 0 Å². The SMILES string of the molecule is CC(=O)Nc1ccc(-c2cc(CN3CCOCC3)c3ccccc3n2)cc1O. The topological polar surface area (TPSA) is 74.7 Å². The lowest BCUT2D eigenvalue weighted by molar-refractivity contribution is -0.114. The number of carbonyl (C=O) groups excluding carboxylic acids is 1. The van der Waals surface area contributed by atoms with Gasteiger partial charge in [0.2, 0.25) is 5.91 Å². The number of nitrogens with one attached hydrogen (secondary N) is 1. The number of aromatic hydroxyl groups is 1. The number of carbonyl (C=O) groups is 1. The highest BCUT2D eigenvalue weighted by Crippen LogP contribution is 2.31. The molecule has 0 aliphatic carbocycles. The van der Waals surface area contributed by atoms with Gasteiger partial charge in [-0.05, 0) is 29.8 Å². The summed E-state index contributed by atoms with van der Waals surface area (Å²) < 4.78 is 5.46. The fourth-order valence-electron chi connectivity index (χ4n) is 3.51. The molecular weight excluding hydrogens is 354 g/mol. The summed E-state index contributed by atoms with van der Waals surface area (Å²) in [5.41, 5.74) is 4.12. The Kier molecular flexibility index (Phi) is 5.23. The molecule has 28 heavy (non-hydrogen) atoms. The van der Waals surface area contributed by atoms with Crippen molar-refractivity contribution in [1.82, 2.24) is 9.88 Å². The second-order valence-electron chi connectivity index (χ2n) is 6.99. The van der Waals surface area contributed by atoms with Gasteiger partial charge in [0.1, 0.15) is 5.75 Å². The van der Waals surface area contributed by atoms with Crippen LogP contribution in [0.5, 0.6) is 5.75 Å². The van der Waals surface area contributed by atoms with Gasteiger partial charge in [-0.1, -0.05) is 24.3 Å². The molecule has 2 N–H and O–H groups in total. The van der Waals surface area contributed by atoms with Crippen LogP contribution in [0.1, 0.15) is 12.5 Å². The number of rotatable bonds is 4. The van der Waals surface area contributed by atoms with Crippen molar-refractivity contribution < 1.29 is 14.6 Å². The van der Waals surface area contributed by atoms with Crippen LogP contribution in [0.3, 0.4) is 0 Å². The largest absolute Gasteiger partial charge is 0.506 e. The number of para-hydroxylation sites is 1. The Bertz CT molecular complexity index is 1010. The van der Waals surface area contributed by atoms with Crippen molar-refractivity contribution in [3.05, 3.63) is 54.1 Å². The Labute approximate surface area is 163 Å². The van der Waals surface area contributed by atoms with Crippen molar-refractivity contribution in [1.29, 1.82) is 0 Å². The zero-order valence-corrected chi connectivity index (χ0v) is 15.8. The Morgan fingerprint density at radius 2 is 1.96 bits per heavy atom. The summed E-state index contributed by atoms with van der Waals surface area (Å²) in [6, 6.07) is 15.4. The molecule has 2 aromatic carbocycles. The Morgan fingerprint density at radius 3 is 2.71 bits per heavy atom. The van der Waals surface area contributed by atoms with Gasteiger partial charge in [-0.2, -0.15) is 0 Å². The minimum Gasteiger partial charge on any atom is -0.506 e. The van der Waals surface area contributed by atoms with E-state index in [9.17, 15) is 9.90 Å². The normalized spacial score (nSPS) is 14.9. The second-order valence-corrected chi connectivity index (χ2v) is 6.99. The van der Waals surface area contributed by atoms with Crippen LogP contribution in [0, 0.1) is 0 Å². The summed E-state index contributed by atoms with van der Waals surface area (Å²) in [4.78, 5) is 18.4. The maximum Gasteiger partial charge on any atom is 0.221 e. The van der Waals surface area contributed by atoms with Crippen molar-refractivity contribution in [2.75, 3.05) is 31.6 Å². The monoisotopic (exact) mass is 377 g/mol. The molecule has 6 heteroatoms. The number of phenolic OH excluding ortho intramolecular Hbond substituents is 1. The van der Waals surface area contributed by atoms with Gasteiger partial charge in [-0.15, -0.1) is 0 Å². The number of hydrogen-bond acceptors (Lipinski definition) is 5. The minimum atomic E-state index is -0.223. The summed E-state index contributed by atoms with van der Waals surface area (Å²) in [5, 5.41) is 14.0. The number of nitrogens with zero attached hydrogens (tertiary/aromatic N) is 2. The highest BCUT2D eigenvalue weighted by atomic mass is 16.5. The third-order valence-corrected chi connectivity index (χ3v) is 4.90. The number of fused-ring (bicyclic) bond motifs is 1. The lowest BCUT2D eigenvalue weighted by Gasteiger charge is -2.27. The Balaban J connectivity index is 1.73. The predicted molar refractivity (Wildman–Crippen MR) is 109 cm³/mol. The molecule has 1 aliphatic rings. The number of aromatic nitrogens is 1. The van der Waals surface area contributed by atoms with E-state index >= 15 is 0 Å². The van der Waals surface area contributed by atoms with Crippen molar-refractivity contribution in [2.45, 2.75) is 13.5 Å². The molecule has 0 radical (unpaired) electrons. The average molecular weight is 377 g/mol. The van der Waals surface area contributed by atoms with Crippen molar-refractivity contribution >= 4 is 22.5 Å². The zero-order chi connectivity index (χ0) is 19.5. The minimum absolute atomic E-state index is 0.0254. The van der Waals surface area contributed by atoms with Crippen LogP contribution in [0.25, 0.3) is 22.2 Å². The highest BCUT2D eigenvalue weighted by Gasteiger charge is 2.15. The molecule has 2 heterocycles. The molecule has 1 aromatic heterocycles. The molecule has 0 atom stereocenters. The summed E-state index contributed by atoms with van der Waals surface area (Å²) in [5.74, 6) is -0.197. The maximum atomic E-state index is 11.3. The van der Waals surface area contributed by atoms with Gasteiger partial charge in [-0.3, -0.25) is 9.69 Å². The second kappa shape index (κ2) is 7.96. The molecule has 1 fully saturated rings. The van der Waals surface area contributed by atoms with E-state index < -0.39 is 0 Å². The van der Waals surface area contributed by atoms with E-state index in [1.165, 1.54) is 12.5 Å². The van der Waals surface area contributed by atoms with E-state index in [1.807, 2.05) is 24.3 Å².